The summed E-state index contributed by atoms with van der Waals surface area (Å²) in [6, 6.07) is 12.8. The molecule has 0 aromatic heterocycles. The lowest BCUT2D eigenvalue weighted by atomic mass is 9.85. The number of alkyl halides is 1. The summed E-state index contributed by atoms with van der Waals surface area (Å²) in [4.78, 5) is 41.3. The Morgan fingerprint density at radius 3 is 2.24 bits per heavy atom. The molecule has 11 heteroatoms. The lowest BCUT2D eigenvalue weighted by Crippen LogP contribution is -2.47. The van der Waals surface area contributed by atoms with Crippen molar-refractivity contribution < 1.29 is 37.7 Å². The van der Waals surface area contributed by atoms with Gasteiger partial charge in [0, 0.05) is 34.0 Å². The zero-order valence-corrected chi connectivity index (χ0v) is 24.1. The molecule has 2 heterocycles. The Labute approximate surface area is 250 Å². The summed E-state index contributed by atoms with van der Waals surface area (Å²) in [5.41, 5.74) is -5.39. The monoisotopic (exact) mass is 617 g/mol. The van der Waals surface area contributed by atoms with Crippen LogP contribution >= 0.6 is 23.2 Å². The number of aliphatic hydroxyl groups is 1. The van der Waals surface area contributed by atoms with Crippen LogP contribution in [0.25, 0.3) is 0 Å². The lowest BCUT2D eigenvalue weighted by molar-refractivity contribution is -0.146. The summed E-state index contributed by atoms with van der Waals surface area (Å²) >= 11 is 12.2. The summed E-state index contributed by atoms with van der Waals surface area (Å²) in [6.07, 6.45) is -0.818. The number of nitrogens with zero attached hydrogens (tertiary/aromatic N) is 1. The number of hydrogen-bond donors (Lipinski definition) is 1. The van der Waals surface area contributed by atoms with Gasteiger partial charge in [0.25, 0.3) is 5.91 Å². The standard InChI is InChI=1S/C31H27Cl2F2NO6/c1-2-42-26(37)17-25(18-3-7-21(32)8-4-18)36-29(39)23-15-19(28(38)30(35)11-13-41-14-12-30)16-24(34)27(23)31(36,40)20-5-9-22(33)10-6-20/h3-10,15-16,25,40H,2,11-14,17H2,1H3. The van der Waals surface area contributed by atoms with E-state index < -0.39 is 52.9 Å². The Morgan fingerprint density at radius 2 is 1.64 bits per heavy atom. The molecule has 220 valence electrons. The smallest absolute Gasteiger partial charge is 0.308 e. The summed E-state index contributed by atoms with van der Waals surface area (Å²) in [6.45, 7) is 1.74. The molecule has 7 nitrogen and oxygen atoms in total. The van der Waals surface area contributed by atoms with E-state index in [9.17, 15) is 19.5 Å². The SMILES string of the molecule is CCOC(=O)CC(c1ccc(Cl)cc1)N1C(=O)c2cc(C(=O)C3(F)CCOCC3)cc(F)c2C1(O)c1ccc(Cl)cc1. The number of hydrogen-bond acceptors (Lipinski definition) is 6. The van der Waals surface area contributed by atoms with Crippen molar-refractivity contribution in [1.29, 1.82) is 0 Å². The maximum atomic E-state index is 16.1. The van der Waals surface area contributed by atoms with E-state index in [0.29, 0.717) is 15.6 Å². The van der Waals surface area contributed by atoms with E-state index in [4.69, 9.17) is 32.7 Å². The molecular formula is C31H27Cl2F2NO6. The number of fused-ring (bicyclic) bond motifs is 1. The summed E-state index contributed by atoms with van der Waals surface area (Å²) in [5.74, 6) is -3.62. The van der Waals surface area contributed by atoms with Crippen molar-refractivity contribution >= 4 is 40.9 Å². The number of ether oxygens (including phenoxy) is 2. The lowest BCUT2D eigenvalue weighted by Gasteiger charge is -2.40. The molecule has 1 amide bonds. The van der Waals surface area contributed by atoms with Gasteiger partial charge in [-0.15, -0.1) is 0 Å². The third-order valence-corrected chi connectivity index (χ3v) is 8.17. The number of benzene rings is 3. The van der Waals surface area contributed by atoms with Crippen molar-refractivity contribution in [3.8, 4) is 0 Å². The summed E-state index contributed by atoms with van der Waals surface area (Å²) in [5, 5.41) is 13.2. The summed E-state index contributed by atoms with van der Waals surface area (Å²) in [7, 11) is 0. The Balaban J connectivity index is 1.71. The first-order valence-corrected chi connectivity index (χ1v) is 14.1. The number of Topliss-reactive ketones (excluding diaryl/α,β-unsaturated/α-hetero) is 1. The Kier molecular flexibility index (Phi) is 8.40. The van der Waals surface area contributed by atoms with Crippen LogP contribution in [0.3, 0.4) is 0 Å². The number of carbonyl (C=O) groups excluding carboxylic acids is 3. The van der Waals surface area contributed by atoms with Gasteiger partial charge in [0.15, 0.2) is 17.2 Å². The number of halogens is 4. The van der Waals surface area contributed by atoms with E-state index in [0.717, 1.165) is 17.0 Å². The minimum Gasteiger partial charge on any atom is -0.466 e. The van der Waals surface area contributed by atoms with Crippen LogP contribution in [0.15, 0.2) is 60.7 Å². The fourth-order valence-corrected chi connectivity index (χ4v) is 5.84. The molecule has 2 atom stereocenters. The first-order valence-electron chi connectivity index (χ1n) is 13.4. The van der Waals surface area contributed by atoms with E-state index in [1.807, 2.05) is 0 Å². The van der Waals surface area contributed by atoms with Crippen LogP contribution in [0.1, 0.15) is 69.6 Å². The number of rotatable bonds is 8. The van der Waals surface area contributed by atoms with Gasteiger partial charge in [-0.2, -0.15) is 0 Å². The first-order chi connectivity index (χ1) is 20.0. The van der Waals surface area contributed by atoms with Crippen molar-refractivity contribution in [2.45, 2.75) is 43.6 Å². The zero-order chi connectivity index (χ0) is 30.2. The van der Waals surface area contributed by atoms with E-state index in [-0.39, 0.29) is 49.4 Å². The molecule has 0 bridgehead atoms. The molecule has 0 saturated carbocycles. The highest BCUT2D eigenvalue weighted by atomic mass is 35.5. The van der Waals surface area contributed by atoms with Gasteiger partial charge in [0.05, 0.1) is 43.4 Å². The zero-order valence-electron chi connectivity index (χ0n) is 22.5. The van der Waals surface area contributed by atoms with E-state index >= 15 is 8.78 Å². The van der Waals surface area contributed by atoms with Crippen molar-refractivity contribution in [1.82, 2.24) is 4.90 Å². The van der Waals surface area contributed by atoms with Gasteiger partial charge in [-0.3, -0.25) is 19.3 Å². The van der Waals surface area contributed by atoms with E-state index in [2.05, 4.69) is 0 Å². The highest BCUT2D eigenvalue weighted by molar-refractivity contribution is 6.30. The van der Waals surface area contributed by atoms with Crippen LogP contribution in [0, 0.1) is 5.82 Å². The third-order valence-electron chi connectivity index (χ3n) is 7.67. The minimum absolute atomic E-state index is 0.0231. The van der Waals surface area contributed by atoms with Gasteiger partial charge in [-0.25, -0.2) is 8.78 Å². The van der Waals surface area contributed by atoms with Gasteiger partial charge in [-0.1, -0.05) is 47.5 Å². The van der Waals surface area contributed by atoms with Crippen molar-refractivity contribution in [3.63, 3.8) is 0 Å². The second-order valence-corrected chi connectivity index (χ2v) is 11.1. The van der Waals surface area contributed by atoms with Gasteiger partial charge >= 0.3 is 5.97 Å². The van der Waals surface area contributed by atoms with Crippen molar-refractivity contribution in [3.05, 3.63) is 104 Å². The highest BCUT2D eigenvalue weighted by Crippen LogP contribution is 2.49. The molecule has 0 aliphatic carbocycles. The fraction of sp³-hybridized carbons (Fsp3) is 0.323. The third kappa shape index (κ3) is 5.30. The predicted molar refractivity (Wildman–Crippen MR) is 151 cm³/mol. The molecule has 3 aromatic carbocycles. The van der Waals surface area contributed by atoms with Crippen LogP contribution in [0.4, 0.5) is 8.78 Å². The van der Waals surface area contributed by atoms with Gasteiger partial charge in [0.1, 0.15) is 5.82 Å². The largest absolute Gasteiger partial charge is 0.466 e. The molecule has 3 aromatic rings. The first kappa shape index (κ1) is 30.1. The van der Waals surface area contributed by atoms with E-state index in [1.165, 1.54) is 24.3 Å². The van der Waals surface area contributed by atoms with Crippen molar-refractivity contribution in [2.24, 2.45) is 0 Å². The molecule has 5 rings (SSSR count). The Bertz CT molecular complexity index is 1530. The van der Waals surface area contributed by atoms with Crippen molar-refractivity contribution in [2.75, 3.05) is 19.8 Å². The molecule has 1 saturated heterocycles. The Hall–Kier alpha value is -3.37. The fourth-order valence-electron chi connectivity index (χ4n) is 5.59. The number of ketones is 1. The molecule has 42 heavy (non-hydrogen) atoms. The van der Waals surface area contributed by atoms with Crippen LogP contribution < -0.4 is 0 Å². The maximum Gasteiger partial charge on any atom is 0.308 e. The number of carbonyl (C=O) groups is 3. The molecule has 2 aliphatic heterocycles. The topological polar surface area (TPSA) is 93.1 Å². The number of esters is 1. The molecule has 2 aliphatic rings. The molecule has 1 N–H and O–H groups in total. The normalized spacial score (nSPS) is 20.2. The molecule has 0 radical (unpaired) electrons. The second-order valence-electron chi connectivity index (χ2n) is 10.2. The van der Waals surface area contributed by atoms with Crippen LogP contribution in [0.2, 0.25) is 10.0 Å². The molecule has 2 unspecified atom stereocenters. The summed E-state index contributed by atoms with van der Waals surface area (Å²) < 4.78 is 42.1. The van der Waals surface area contributed by atoms with Gasteiger partial charge in [0.2, 0.25) is 0 Å². The molecular weight excluding hydrogens is 591 g/mol. The predicted octanol–water partition coefficient (Wildman–Crippen LogP) is 6.18. The average molecular weight is 618 g/mol. The van der Waals surface area contributed by atoms with Gasteiger partial charge in [-0.05, 0) is 48.9 Å². The van der Waals surface area contributed by atoms with Crippen LogP contribution in [-0.2, 0) is 20.0 Å². The highest BCUT2D eigenvalue weighted by Gasteiger charge is 2.55. The van der Waals surface area contributed by atoms with Crippen LogP contribution in [0.5, 0.6) is 0 Å². The van der Waals surface area contributed by atoms with Crippen LogP contribution in [-0.4, -0.2) is 53.2 Å². The average Bonchev–Trinajstić information content (AvgIpc) is 3.19. The minimum atomic E-state index is -2.45. The number of amides is 1. The Morgan fingerprint density at radius 1 is 1.05 bits per heavy atom. The second kappa shape index (κ2) is 11.7. The molecule has 1 fully saturated rings. The van der Waals surface area contributed by atoms with E-state index in [1.54, 1.807) is 31.2 Å². The molecule has 0 spiro atoms. The maximum absolute atomic E-state index is 16.1. The quantitative estimate of drug-likeness (QED) is 0.240. The van der Waals surface area contributed by atoms with Gasteiger partial charge < -0.3 is 14.6 Å².